The molecule has 1 aromatic carbocycles. The monoisotopic (exact) mass is 245 g/mol. The molecule has 0 aliphatic carbocycles. The molecule has 0 aliphatic rings. The number of aromatic nitrogens is 4. The minimum atomic E-state index is 0.144. The van der Waals surface area contributed by atoms with Gasteiger partial charge in [0.25, 0.3) is 0 Å². The van der Waals surface area contributed by atoms with Crippen molar-refractivity contribution in [3.8, 4) is 5.82 Å². The van der Waals surface area contributed by atoms with Crippen LogP contribution in [-0.2, 0) is 0 Å². The van der Waals surface area contributed by atoms with Gasteiger partial charge in [0.05, 0.1) is 11.0 Å². The van der Waals surface area contributed by atoms with Crippen molar-refractivity contribution < 1.29 is 0 Å². The lowest BCUT2D eigenvalue weighted by Gasteiger charge is -2.04. The molecule has 0 atom stereocenters. The maximum Gasteiger partial charge on any atom is 0.223 e. The van der Waals surface area contributed by atoms with Crippen molar-refractivity contribution in [1.82, 2.24) is 19.5 Å². The number of halogens is 1. The van der Waals surface area contributed by atoms with E-state index in [0.29, 0.717) is 11.0 Å². The number of hydrogen-bond acceptors (Lipinski definition) is 4. The van der Waals surface area contributed by atoms with Gasteiger partial charge in [0, 0.05) is 6.07 Å². The first-order valence-electron chi connectivity index (χ1n) is 4.96. The molecule has 2 aromatic heterocycles. The van der Waals surface area contributed by atoms with Gasteiger partial charge >= 0.3 is 0 Å². The molecule has 0 spiro atoms. The summed E-state index contributed by atoms with van der Waals surface area (Å²) in [6.07, 6.45) is 1.68. The van der Waals surface area contributed by atoms with Crippen molar-refractivity contribution in [3.05, 3.63) is 41.8 Å². The van der Waals surface area contributed by atoms with Crippen molar-refractivity contribution in [3.63, 3.8) is 0 Å². The number of hydrogen-bond donors (Lipinski definition) is 1. The van der Waals surface area contributed by atoms with Crippen molar-refractivity contribution in [2.75, 3.05) is 5.73 Å². The lowest BCUT2D eigenvalue weighted by Crippen LogP contribution is -2.01. The first kappa shape index (κ1) is 10.0. The highest BCUT2D eigenvalue weighted by Gasteiger charge is 2.07. The van der Waals surface area contributed by atoms with Crippen LogP contribution in [-0.4, -0.2) is 19.5 Å². The lowest BCUT2D eigenvalue weighted by atomic mass is 10.3. The second-order valence-corrected chi connectivity index (χ2v) is 3.90. The van der Waals surface area contributed by atoms with Crippen LogP contribution >= 0.6 is 11.6 Å². The van der Waals surface area contributed by atoms with E-state index in [1.165, 1.54) is 0 Å². The number of benzene rings is 1. The van der Waals surface area contributed by atoms with Gasteiger partial charge in [-0.05, 0) is 12.1 Å². The molecule has 0 amide bonds. The Labute approximate surface area is 102 Å². The fourth-order valence-electron chi connectivity index (χ4n) is 1.69. The Bertz CT molecular complexity index is 671. The molecule has 17 heavy (non-hydrogen) atoms. The molecule has 6 heteroatoms. The Hall–Kier alpha value is -2.14. The van der Waals surface area contributed by atoms with Crippen molar-refractivity contribution in [2.24, 2.45) is 0 Å². The third-order valence-electron chi connectivity index (χ3n) is 2.40. The Morgan fingerprint density at radius 3 is 2.82 bits per heavy atom. The summed E-state index contributed by atoms with van der Waals surface area (Å²) in [7, 11) is 0. The molecule has 0 bridgehead atoms. The minimum absolute atomic E-state index is 0.144. The van der Waals surface area contributed by atoms with Crippen LogP contribution in [0, 0.1) is 0 Å². The third kappa shape index (κ3) is 1.70. The van der Waals surface area contributed by atoms with E-state index >= 15 is 0 Å². The van der Waals surface area contributed by atoms with E-state index in [4.69, 9.17) is 17.3 Å². The number of para-hydroxylation sites is 2. The summed E-state index contributed by atoms with van der Waals surface area (Å²) < 4.78 is 1.82. The molecule has 0 fully saturated rings. The van der Waals surface area contributed by atoms with E-state index in [-0.39, 0.29) is 5.95 Å². The minimum Gasteiger partial charge on any atom is -0.368 e. The van der Waals surface area contributed by atoms with Gasteiger partial charge in [-0.3, -0.25) is 4.57 Å². The van der Waals surface area contributed by atoms with E-state index in [0.717, 1.165) is 11.0 Å². The van der Waals surface area contributed by atoms with Gasteiger partial charge in [-0.15, -0.1) is 0 Å². The van der Waals surface area contributed by atoms with E-state index in [1.807, 2.05) is 28.8 Å². The summed E-state index contributed by atoms with van der Waals surface area (Å²) >= 11 is 5.85. The fourth-order valence-corrected chi connectivity index (χ4v) is 1.87. The number of anilines is 1. The van der Waals surface area contributed by atoms with Gasteiger partial charge in [-0.1, -0.05) is 23.7 Å². The summed E-state index contributed by atoms with van der Waals surface area (Å²) in [5, 5.41) is 0.310. The molecular weight excluding hydrogens is 238 g/mol. The number of imidazole rings is 1. The summed E-state index contributed by atoms with van der Waals surface area (Å²) in [6, 6.07) is 9.40. The van der Waals surface area contributed by atoms with Crippen LogP contribution in [0.5, 0.6) is 0 Å². The zero-order chi connectivity index (χ0) is 11.8. The second kappa shape index (κ2) is 3.71. The van der Waals surface area contributed by atoms with Crippen LogP contribution in [0.1, 0.15) is 0 Å². The van der Waals surface area contributed by atoms with Gasteiger partial charge in [0.15, 0.2) is 0 Å². The van der Waals surface area contributed by atoms with Crippen LogP contribution in [0.4, 0.5) is 5.95 Å². The van der Waals surface area contributed by atoms with Crippen molar-refractivity contribution >= 4 is 28.6 Å². The molecule has 0 saturated carbocycles. The van der Waals surface area contributed by atoms with Crippen LogP contribution < -0.4 is 5.73 Å². The van der Waals surface area contributed by atoms with Crippen LogP contribution in [0.15, 0.2) is 36.7 Å². The molecule has 0 unspecified atom stereocenters. The second-order valence-electron chi connectivity index (χ2n) is 3.51. The Balaban J connectivity index is 2.27. The highest BCUT2D eigenvalue weighted by Crippen LogP contribution is 2.18. The van der Waals surface area contributed by atoms with E-state index in [9.17, 15) is 0 Å². The summed E-state index contributed by atoms with van der Waals surface area (Å²) in [5.74, 6) is 0.751. The number of nitrogens with two attached hydrogens (primary N) is 1. The van der Waals surface area contributed by atoms with Gasteiger partial charge < -0.3 is 5.73 Å². The first-order chi connectivity index (χ1) is 8.24. The lowest BCUT2D eigenvalue weighted by molar-refractivity contribution is 1.00. The number of nitrogens with zero attached hydrogens (tertiary/aromatic N) is 4. The third-order valence-corrected chi connectivity index (χ3v) is 2.59. The number of rotatable bonds is 1. The summed E-state index contributed by atoms with van der Waals surface area (Å²) in [5.41, 5.74) is 7.40. The molecule has 3 rings (SSSR count). The van der Waals surface area contributed by atoms with Crippen LogP contribution in [0.25, 0.3) is 16.9 Å². The molecule has 0 radical (unpaired) electrons. The molecule has 2 heterocycles. The molecule has 0 saturated heterocycles. The molecule has 84 valence electrons. The molecule has 5 nitrogen and oxygen atoms in total. The number of nitrogen functional groups attached to an aromatic ring is 1. The zero-order valence-corrected chi connectivity index (χ0v) is 9.46. The molecule has 0 aliphatic heterocycles. The summed E-state index contributed by atoms with van der Waals surface area (Å²) in [4.78, 5) is 12.2. The Kier molecular flexibility index (Phi) is 2.19. The predicted molar refractivity (Wildman–Crippen MR) is 66.1 cm³/mol. The van der Waals surface area contributed by atoms with Crippen LogP contribution in [0.2, 0.25) is 5.15 Å². The van der Waals surface area contributed by atoms with Crippen molar-refractivity contribution in [2.45, 2.75) is 0 Å². The van der Waals surface area contributed by atoms with Gasteiger partial charge in [0.2, 0.25) is 5.95 Å². The van der Waals surface area contributed by atoms with Gasteiger partial charge in [0.1, 0.15) is 17.3 Å². The Morgan fingerprint density at radius 2 is 2.00 bits per heavy atom. The van der Waals surface area contributed by atoms with Gasteiger partial charge in [-0.25, -0.2) is 9.97 Å². The highest BCUT2D eigenvalue weighted by atomic mass is 35.5. The average Bonchev–Trinajstić information content (AvgIpc) is 2.71. The highest BCUT2D eigenvalue weighted by molar-refractivity contribution is 6.29. The molecule has 2 N–H and O–H groups in total. The fraction of sp³-hybridized carbons (Fsp3) is 0. The average molecular weight is 246 g/mol. The largest absolute Gasteiger partial charge is 0.368 e. The SMILES string of the molecule is Nc1nc(Cl)cc(-n2cnc3ccccc32)n1. The zero-order valence-electron chi connectivity index (χ0n) is 8.71. The standard InChI is InChI=1S/C11H8ClN5/c12-9-5-10(16-11(13)15-9)17-6-14-7-3-1-2-4-8(7)17/h1-6H,(H2,13,15,16). The van der Waals surface area contributed by atoms with Crippen LogP contribution in [0.3, 0.4) is 0 Å². The maximum atomic E-state index is 5.85. The predicted octanol–water partition coefficient (Wildman–Crippen LogP) is 2.05. The van der Waals surface area contributed by atoms with E-state index in [1.54, 1.807) is 12.4 Å². The van der Waals surface area contributed by atoms with E-state index < -0.39 is 0 Å². The smallest absolute Gasteiger partial charge is 0.223 e. The van der Waals surface area contributed by atoms with E-state index in [2.05, 4.69) is 15.0 Å². The topological polar surface area (TPSA) is 69.6 Å². The molecule has 3 aromatic rings. The quantitative estimate of drug-likeness (QED) is 0.666. The molecular formula is C11H8ClN5. The van der Waals surface area contributed by atoms with Crippen molar-refractivity contribution in [1.29, 1.82) is 0 Å². The normalized spacial score (nSPS) is 10.9. The first-order valence-corrected chi connectivity index (χ1v) is 5.34. The maximum absolute atomic E-state index is 5.85. The Morgan fingerprint density at radius 1 is 1.18 bits per heavy atom. The summed E-state index contributed by atoms with van der Waals surface area (Å²) in [6.45, 7) is 0. The number of fused-ring (bicyclic) bond motifs is 1. The van der Waals surface area contributed by atoms with Gasteiger partial charge in [-0.2, -0.15) is 4.98 Å².